The van der Waals surface area contributed by atoms with Crippen molar-refractivity contribution in [3.8, 4) is 0 Å². The Labute approximate surface area is 135 Å². The van der Waals surface area contributed by atoms with Gasteiger partial charge in [-0.2, -0.15) is 0 Å². The zero-order valence-corrected chi connectivity index (χ0v) is 14.5. The number of halogens is 2. The van der Waals surface area contributed by atoms with Crippen molar-refractivity contribution in [3.05, 3.63) is 63.1 Å². The van der Waals surface area contributed by atoms with Crippen LogP contribution >= 0.6 is 31.9 Å². The summed E-state index contributed by atoms with van der Waals surface area (Å²) in [4.78, 5) is 12.2. The standard InChI is InChI=1S/C16H15Br2NO/c1-10-7-14(8-11(2)15(10)18)19-16(20)13-5-3-12(9-17)4-6-13/h3-8H,9H2,1-2H3,(H,19,20). The average molecular weight is 397 g/mol. The highest BCUT2D eigenvalue weighted by atomic mass is 79.9. The number of amides is 1. The Morgan fingerprint density at radius 3 is 2.15 bits per heavy atom. The van der Waals surface area contributed by atoms with Crippen molar-refractivity contribution in [2.24, 2.45) is 0 Å². The number of benzene rings is 2. The Kier molecular flexibility index (Phi) is 5.00. The van der Waals surface area contributed by atoms with E-state index < -0.39 is 0 Å². The number of anilines is 1. The van der Waals surface area contributed by atoms with E-state index in [0.717, 1.165) is 32.2 Å². The molecule has 2 aromatic carbocycles. The van der Waals surface area contributed by atoms with Gasteiger partial charge < -0.3 is 5.32 Å². The van der Waals surface area contributed by atoms with Gasteiger partial charge in [0.15, 0.2) is 0 Å². The topological polar surface area (TPSA) is 29.1 Å². The second kappa shape index (κ2) is 6.55. The first-order valence-electron chi connectivity index (χ1n) is 6.24. The first kappa shape index (κ1) is 15.3. The fourth-order valence-electron chi connectivity index (χ4n) is 1.97. The number of hydrogen-bond acceptors (Lipinski definition) is 1. The van der Waals surface area contributed by atoms with Gasteiger partial charge in [0.25, 0.3) is 5.91 Å². The van der Waals surface area contributed by atoms with E-state index >= 15 is 0 Å². The molecule has 0 heterocycles. The normalized spacial score (nSPS) is 10.4. The van der Waals surface area contributed by atoms with E-state index in [1.54, 1.807) is 0 Å². The van der Waals surface area contributed by atoms with Crippen LogP contribution in [0.3, 0.4) is 0 Å². The molecular formula is C16H15Br2NO. The lowest BCUT2D eigenvalue weighted by atomic mass is 10.1. The summed E-state index contributed by atoms with van der Waals surface area (Å²) in [5.41, 5.74) is 4.84. The zero-order valence-electron chi connectivity index (χ0n) is 11.3. The highest BCUT2D eigenvalue weighted by molar-refractivity contribution is 9.10. The summed E-state index contributed by atoms with van der Waals surface area (Å²) in [6.07, 6.45) is 0. The van der Waals surface area contributed by atoms with Crippen LogP contribution in [0.1, 0.15) is 27.0 Å². The summed E-state index contributed by atoms with van der Waals surface area (Å²) >= 11 is 6.91. The summed E-state index contributed by atoms with van der Waals surface area (Å²) in [6, 6.07) is 11.5. The van der Waals surface area contributed by atoms with Crippen molar-refractivity contribution in [1.29, 1.82) is 0 Å². The van der Waals surface area contributed by atoms with Crippen LogP contribution in [0.15, 0.2) is 40.9 Å². The molecule has 0 aliphatic rings. The Balaban J connectivity index is 2.18. The summed E-state index contributed by atoms with van der Waals surface area (Å²) in [5, 5.41) is 3.72. The van der Waals surface area contributed by atoms with E-state index in [2.05, 4.69) is 37.2 Å². The maximum atomic E-state index is 12.2. The first-order valence-corrected chi connectivity index (χ1v) is 8.15. The maximum Gasteiger partial charge on any atom is 0.255 e. The molecule has 0 unspecified atom stereocenters. The number of alkyl halides is 1. The van der Waals surface area contributed by atoms with E-state index in [-0.39, 0.29) is 5.91 Å². The van der Waals surface area contributed by atoms with Gasteiger partial charge in [0.2, 0.25) is 0 Å². The largest absolute Gasteiger partial charge is 0.322 e. The Morgan fingerprint density at radius 1 is 1.10 bits per heavy atom. The fraction of sp³-hybridized carbons (Fsp3) is 0.188. The van der Waals surface area contributed by atoms with Crippen LogP contribution in [0.25, 0.3) is 0 Å². The highest BCUT2D eigenvalue weighted by Crippen LogP contribution is 2.25. The molecule has 104 valence electrons. The molecule has 2 nitrogen and oxygen atoms in total. The number of aryl methyl sites for hydroxylation is 2. The second-order valence-electron chi connectivity index (χ2n) is 4.71. The molecule has 0 saturated heterocycles. The number of hydrogen-bond donors (Lipinski definition) is 1. The quantitative estimate of drug-likeness (QED) is 0.708. The van der Waals surface area contributed by atoms with Crippen LogP contribution in [0.5, 0.6) is 0 Å². The van der Waals surface area contributed by atoms with E-state index in [1.165, 1.54) is 0 Å². The summed E-state index contributed by atoms with van der Waals surface area (Å²) in [5.74, 6) is -0.0905. The molecule has 0 saturated carbocycles. The van der Waals surface area contributed by atoms with E-state index in [1.807, 2.05) is 50.2 Å². The summed E-state index contributed by atoms with van der Waals surface area (Å²) < 4.78 is 1.08. The van der Waals surface area contributed by atoms with Gasteiger partial charge in [0.1, 0.15) is 0 Å². The SMILES string of the molecule is Cc1cc(NC(=O)c2ccc(CBr)cc2)cc(C)c1Br. The van der Waals surface area contributed by atoms with Gasteiger partial charge in [0.05, 0.1) is 0 Å². The van der Waals surface area contributed by atoms with Gasteiger partial charge in [-0.25, -0.2) is 0 Å². The summed E-state index contributed by atoms with van der Waals surface area (Å²) in [6.45, 7) is 4.02. The number of nitrogens with one attached hydrogen (secondary N) is 1. The van der Waals surface area contributed by atoms with Crippen LogP contribution in [0.4, 0.5) is 5.69 Å². The third-order valence-corrected chi connectivity index (χ3v) is 4.96. The van der Waals surface area contributed by atoms with Crippen molar-refractivity contribution in [2.75, 3.05) is 5.32 Å². The molecule has 20 heavy (non-hydrogen) atoms. The Hall–Kier alpha value is -1.13. The third-order valence-electron chi connectivity index (χ3n) is 3.06. The second-order valence-corrected chi connectivity index (χ2v) is 6.06. The molecule has 0 bridgehead atoms. The molecule has 1 N–H and O–H groups in total. The van der Waals surface area contributed by atoms with Crippen molar-refractivity contribution >= 4 is 43.5 Å². The van der Waals surface area contributed by atoms with Crippen LogP contribution in [0.2, 0.25) is 0 Å². The molecule has 0 aromatic heterocycles. The number of rotatable bonds is 3. The minimum absolute atomic E-state index is 0.0905. The maximum absolute atomic E-state index is 12.2. The molecule has 0 spiro atoms. The first-order chi connectivity index (χ1) is 9.51. The highest BCUT2D eigenvalue weighted by Gasteiger charge is 2.08. The van der Waals surface area contributed by atoms with Crippen molar-refractivity contribution in [2.45, 2.75) is 19.2 Å². The molecular weight excluding hydrogens is 382 g/mol. The molecule has 0 fully saturated rings. The van der Waals surface area contributed by atoms with Crippen molar-refractivity contribution < 1.29 is 4.79 Å². The van der Waals surface area contributed by atoms with E-state index in [9.17, 15) is 4.79 Å². The van der Waals surface area contributed by atoms with Crippen LogP contribution in [-0.4, -0.2) is 5.91 Å². The van der Waals surface area contributed by atoms with Gasteiger partial charge in [-0.05, 0) is 54.8 Å². The number of carbonyl (C=O) groups excluding carboxylic acids is 1. The molecule has 2 aromatic rings. The smallest absolute Gasteiger partial charge is 0.255 e. The van der Waals surface area contributed by atoms with Gasteiger partial charge in [-0.15, -0.1) is 0 Å². The predicted octanol–water partition coefficient (Wildman–Crippen LogP) is 5.21. The Bertz CT molecular complexity index is 612. The lowest BCUT2D eigenvalue weighted by molar-refractivity contribution is 0.102. The monoisotopic (exact) mass is 395 g/mol. The molecule has 0 radical (unpaired) electrons. The average Bonchev–Trinajstić information content (AvgIpc) is 2.44. The minimum Gasteiger partial charge on any atom is -0.322 e. The fourth-order valence-corrected chi connectivity index (χ4v) is 2.57. The molecule has 0 aliphatic carbocycles. The lowest BCUT2D eigenvalue weighted by Gasteiger charge is -2.10. The number of carbonyl (C=O) groups is 1. The summed E-state index contributed by atoms with van der Waals surface area (Å²) in [7, 11) is 0. The minimum atomic E-state index is -0.0905. The molecule has 1 amide bonds. The van der Waals surface area contributed by atoms with E-state index in [4.69, 9.17) is 0 Å². The zero-order chi connectivity index (χ0) is 14.7. The van der Waals surface area contributed by atoms with Gasteiger partial charge in [-0.3, -0.25) is 4.79 Å². The van der Waals surface area contributed by atoms with Crippen molar-refractivity contribution in [3.63, 3.8) is 0 Å². The molecule has 4 heteroatoms. The van der Waals surface area contributed by atoms with Crippen LogP contribution in [0, 0.1) is 13.8 Å². The van der Waals surface area contributed by atoms with Gasteiger partial charge >= 0.3 is 0 Å². The predicted molar refractivity (Wildman–Crippen MR) is 90.6 cm³/mol. The Morgan fingerprint density at radius 2 is 1.65 bits per heavy atom. The van der Waals surface area contributed by atoms with Gasteiger partial charge in [0, 0.05) is 21.1 Å². The van der Waals surface area contributed by atoms with Crippen LogP contribution in [-0.2, 0) is 5.33 Å². The molecule has 0 atom stereocenters. The van der Waals surface area contributed by atoms with E-state index in [0.29, 0.717) is 5.56 Å². The van der Waals surface area contributed by atoms with Crippen molar-refractivity contribution in [1.82, 2.24) is 0 Å². The lowest BCUT2D eigenvalue weighted by Crippen LogP contribution is -2.12. The molecule has 0 aliphatic heterocycles. The third kappa shape index (κ3) is 3.49. The van der Waals surface area contributed by atoms with Gasteiger partial charge in [-0.1, -0.05) is 44.0 Å². The van der Waals surface area contributed by atoms with Crippen LogP contribution < -0.4 is 5.32 Å². The molecule has 2 rings (SSSR count).